The van der Waals surface area contributed by atoms with Gasteiger partial charge in [-0.25, -0.2) is 19.9 Å². The third-order valence-electron chi connectivity index (χ3n) is 5.25. The second kappa shape index (κ2) is 11.2. The average molecular weight is 503 g/mol. The molecular weight excluding hydrogens is 473 g/mol. The van der Waals surface area contributed by atoms with Gasteiger partial charge in [-0.1, -0.05) is 13.8 Å². The molecule has 0 fully saturated rings. The van der Waals surface area contributed by atoms with Crippen LogP contribution in [0, 0.1) is 0 Å². The lowest BCUT2D eigenvalue weighted by molar-refractivity contribution is -0.137. The van der Waals surface area contributed by atoms with Gasteiger partial charge in [0.25, 0.3) is 5.91 Å². The van der Waals surface area contributed by atoms with Crippen LogP contribution in [0.15, 0.2) is 36.7 Å². The smallest absolute Gasteiger partial charge is 0.382 e. The lowest BCUT2D eigenvalue weighted by Crippen LogP contribution is -2.27. The Balaban J connectivity index is 2.03. The molecule has 0 aromatic carbocycles. The lowest BCUT2D eigenvalue weighted by atomic mass is 10.1. The van der Waals surface area contributed by atoms with Crippen molar-refractivity contribution in [3.05, 3.63) is 47.9 Å². The number of alkyl halides is 3. The largest absolute Gasteiger partial charge is 0.418 e. The number of nitrogens with one attached hydrogen (secondary N) is 1. The molecule has 0 aliphatic rings. The Morgan fingerprint density at radius 2 is 1.75 bits per heavy atom. The van der Waals surface area contributed by atoms with Crippen molar-refractivity contribution in [1.82, 2.24) is 19.9 Å². The molecule has 36 heavy (non-hydrogen) atoms. The molecule has 0 saturated carbocycles. The fourth-order valence-corrected chi connectivity index (χ4v) is 3.61. The molecule has 0 aliphatic carbocycles. The summed E-state index contributed by atoms with van der Waals surface area (Å²) in [6.07, 6.45) is -0.303. The van der Waals surface area contributed by atoms with Crippen molar-refractivity contribution >= 4 is 29.0 Å². The number of aromatic nitrogens is 4. The van der Waals surface area contributed by atoms with Crippen LogP contribution in [0.3, 0.4) is 0 Å². The van der Waals surface area contributed by atoms with Crippen molar-refractivity contribution in [1.29, 1.82) is 0 Å². The molecule has 192 valence electrons. The molecule has 1 amide bonds. The van der Waals surface area contributed by atoms with E-state index in [2.05, 4.69) is 30.2 Å². The number of halogens is 3. The second-order valence-corrected chi connectivity index (χ2v) is 8.26. The van der Waals surface area contributed by atoms with Crippen LogP contribution in [0.25, 0.3) is 11.4 Å². The monoisotopic (exact) mass is 502 g/mol. The Morgan fingerprint density at radius 3 is 2.36 bits per heavy atom. The standard InChI is InChI=1S/C24H29F3N8O/c1-5-12-35(13-6-2)17-8-7-11-29-22(17)33-23(36)20-21(28)30-14-16(31-20)19-15(24(25,26)27)9-10-18(32-19)34(3)4/h7-11,14H,5-6,12-13H2,1-4H3,(H2,28,30)(H,29,33,36). The van der Waals surface area contributed by atoms with E-state index in [1.165, 1.54) is 12.3 Å². The lowest BCUT2D eigenvalue weighted by Gasteiger charge is -2.25. The summed E-state index contributed by atoms with van der Waals surface area (Å²) in [5.41, 5.74) is 4.61. The third kappa shape index (κ3) is 5.99. The van der Waals surface area contributed by atoms with Crippen molar-refractivity contribution in [2.45, 2.75) is 32.9 Å². The van der Waals surface area contributed by atoms with E-state index in [1.54, 1.807) is 25.1 Å². The van der Waals surface area contributed by atoms with Crippen LogP contribution in [0.4, 0.5) is 36.3 Å². The van der Waals surface area contributed by atoms with Gasteiger partial charge in [0.2, 0.25) is 0 Å². The van der Waals surface area contributed by atoms with Crippen LogP contribution in [0.5, 0.6) is 0 Å². The number of hydrogen-bond donors (Lipinski definition) is 2. The highest BCUT2D eigenvalue weighted by molar-refractivity contribution is 6.06. The molecule has 3 aromatic heterocycles. The fraction of sp³-hybridized carbons (Fsp3) is 0.375. The van der Waals surface area contributed by atoms with Crippen LogP contribution < -0.4 is 20.9 Å². The molecule has 3 heterocycles. The van der Waals surface area contributed by atoms with Gasteiger partial charge in [-0.2, -0.15) is 13.2 Å². The summed E-state index contributed by atoms with van der Waals surface area (Å²) in [4.78, 5) is 33.3. The maximum atomic E-state index is 13.7. The van der Waals surface area contributed by atoms with E-state index in [9.17, 15) is 18.0 Å². The predicted molar refractivity (Wildman–Crippen MR) is 134 cm³/mol. The zero-order valence-electron chi connectivity index (χ0n) is 20.6. The number of rotatable bonds is 9. The van der Waals surface area contributed by atoms with E-state index in [0.717, 1.165) is 43.9 Å². The van der Waals surface area contributed by atoms with E-state index in [1.807, 2.05) is 19.9 Å². The zero-order chi connectivity index (χ0) is 26.5. The van der Waals surface area contributed by atoms with Gasteiger partial charge in [-0.3, -0.25) is 4.79 Å². The minimum absolute atomic E-state index is 0.231. The Hall–Kier alpha value is -3.96. The summed E-state index contributed by atoms with van der Waals surface area (Å²) in [6.45, 7) is 5.61. The molecular formula is C24H29F3N8O. The molecule has 3 rings (SSSR count). The number of hydrogen-bond acceptors (Lipinski definition) is 8. The normalized spacial score (nSPS) is 11.3. The van der Waals surface area contributed by atoms with E-state index in [-0.39, 0.29) is 23.0 Å². The Bertz CT molecular complexity index is 1210. The molecule has 0 bridgehead atoms. The van der Waals surface area contributed by atoms with E-state index >= 15 is 0 Å². The predicted octanol–water partition coefficient (Wildman–Crippen LogP) is 4.48. The zero-order valence-corrected chi connectivity index (χ0v) is 20.6. The molecule has 0 unspecified atom stereocenters. The van der Waals surface area contributed by atoms with Gasteiger partial charge in [-0.15, -0.1) is 0 Å². The quantitative estimate of drug-likeness (QED) is 0.440. The molecule has 0 aliphatic heterocycles. The van der Waals surface area contributed by atoms with Crippen LogP contribution in [0.1, 0.15) is 42.7 Å². The van der Waals surface area contributed by atoms with Gasteiger partial charge in [0.15, 0.2) is 17.3 Å². The molecule has 0 atom stereocenters. The topological polar surface area (TPSA) is 113 Å². The van der Waals surface area contributed by atoms with Gasteiger partial charge in [0.1, 0.15) is 17.2 Å². The summed E-state index contributed by atoms with van der Waals surface area (Å²) in [6, 6.07) is 5.78. The van der Waals surface area contributed by atoms with Crippen LogP contribution in [0.2, 0.25) is 0 Å². The minimum atomic E-state index is -4.69. The fourth-order valence-electron chi connectivity index (χ4n) is 3.61. The molecule has 0 radical (unpaired) electrons. The van der Waals surface area contributed by atoms with Crippen LogP contribution >= 0.6 is 0 Å². The molecule has 9 nitrogen and oxygen atoms in total. The summed E-state index contributed by atoms with van der Waals surface area (Å²) in [5, 5.41) is 2.69. The second-order valence-electron chi connectivity index (χ2n) is 8.26. The molecule has 0 spiro atoms. The van der Waals surface area contributed by atoms with Gasteiger partial charge in [0, 0.05) is 33.4 Å². The average Bonchev–Trinajstić information content (AvgIpc) is 2.83. The first-order valence-corrected chi connectivity index (χ1v) is 11.5. The summed E-state index contributed by atoms with van der Waals surface area (Å²) < 4.78 is 41.2. The van der Waals surface area contributed by atoms with Gasteiger partial charge < -0.3 is 20.9 Å². The van der Waals surface area contributed by atoms with Crippen molar-refractivity contribution in [2.24, 2.45) is 0 Å². The maximum Gasteiger partial charge on any atom is 0.418 e. The summed E-state index contributed by atoms with van der Waals surface area (Å²) in [5.74, 6) is -0.399. The molecule has 3 N–H and O–H groups in total. The maximum absolute atomic E-state index is 13.7. The van der Waals surface area contributed by atoms with Crippen molar-refractivity contribution < 1.29 is 18.0 Å². The van der Waals surface area contributed by atoms with Gasteiger partial charge >= 0.3 is 6.18 Å². The highest BCUT2D eigenvalue weighted by Gasteiger charge is 2.35. The molecule has 3 aromatic rings. The Kier molecular flexibility index (Phi) is 8.28. The number of anilines is 4. The highest BCUT2D eigenvalue weighted by atomic mass is 19.4. The molecule has 0 saturated heterocycles. The van der Waals surface area contributed by atoms with E-state index in [4.69, 9.17) is 5.73 Å². The number of nitrogens with two attached hydrogens (primary N) is 1. The summed E-state index contributed by atoms with van der Waals surface area (Å²) >= 11 is 0. The van der Waals surface area contributed by atoms with Gasteiger partial charge in [0.05, 0.1) is 17.4 Å². The first kappa shape index (κ1) is 26.6. The van der Waals surface area contributed by atoms with Crippen LogP contribution in [-0.4, -0.2) is 53.0 Å². The van der Waals surface area contributed by atoms with Crippen LogP contribution in [-0.2, 0) is 6.18 Å². The Labute approximate surface area is 207 Å². The third-order valence-corrected chi connectivity index (χ3v) is 5.25. The number of carbonyl (C=O) groups excluding carboxylic acids is 1. The number of amides is 1. The van der Waals surface area contributed by atoms with Crippen molar-refractivity contribution in [3.8, 4) is 11.4 Å². The Morgan fingerprint density at radius 1 is 1.06 bits per heavy atom. The minimum Gasteiger partial charge on any atom is -0.382 e. The van der Waals surface area contributed by atoms with Crippen molar-refractivity contribution in [2.75, 3.05) is 48.0 Å². The first-order chi connectivity index (χ1) is 17.1. The highest BCUT2D eigenvalue weighted by Crippen LogP contribution is 2.36. The SMILES string of the molecule is CCCN(CCC)c1cccnc1NC(=O)c1nc(-c2nc(N(C)C)ccc2C(F)(F)F)cnc1N. The van der Waals surface area contributed by atoms with E-state index in [0.29, 0.717) is 5.82 Å². The van der Waals surface area contributed by atoms with E-state index < -0.39 is 23.3 Å². The van der Waals surface area contributed by atoms with Crippen molar-refractivity contribution in [3.63, 3.8) is 0 Å². The first-order valence-electron chi connectivity index (χ1n) is 11.5. The summed E-state index contributed by atoms with van der Waals surface area (Å²) in [7, 11) is 3.30. The number of carbonyl (C=O) groups is 1. The molecule has 12 heteroatoms. The number of nitrogens with zero attached hydrogens (tertiary/aromatic N) is 6. The number of pyridine rings is 2. The number of nitrogen functional groups attached to an aromatic ring is 1. The van der Waals surface area contributed by atoms with Gasteiger partial charge in [-0.05, 0) is 37.1 Å².